The van der Waals surface area contributed by atoms with E-state index in [1.807, 2.05) is 43.3 Å². The number of anilines is 1. The maximum atomic E-state index is 12.4. The molecule has 0 aliphatic carbocycles. The number of amides is 1. The number of carbonyl (C=O) groups is 2. The van der Waals surface area contributed by atoms with Gasteiger partial charge in [0.25, 0.3) is 5.91 Å². The maximum Gasteiger partial charge on any atom is 0.357 e. The van der Waals surface area contributed by atoms with Crippen LogP contribution in [0.15, 0.2) is 60.7 Å². The van der Waals surface area contributed by atoms with E-state index in [1.54, 1.807) is 24.3 Å². The van der Waals surface area contributed by atoms with Gasteiger partial charge in [-0.3, -0.25) is 9.89 Å². The van der Waals surface area contributed by atoms with Crippen LogP contribution in [-0.4, -0.2) is 34.8 Å². The van der Waals surface area contributed by atoms with E-state index in [0.29, 0.717) is 23.7 Å². The van der Waals surface area contributed by atoms with Crippen LogP contribution in [0.2, 0.25) is 0 Å². The zero-order chi connectivity index (χ0) is 19.9. The number of benzene rings is 2. The van der Waals surface area contributed by atoms with Gasteiger partial charge in [-0.25, -0.2) is 4.79 Å². The van der Waals surface area contributed by atoms with Crippen LogP contribution in [0.1, 0.15) is 24.3 Å². The number of aromatic amines is 1. The normalized spacial score (nSPS) is 11.5. The molecule has 3 aromatic rings. The number of H-pyrrole nitrogens is 1. The molecule has 0 aliphatic heterocycles. The van der Waals surface area contributed by atoms with Crippen LogP contribution in [0.25, 0.3) is 11.3 Å². The largest absolute Gasteiger partial charge is 0.492 e. The summed E-state index contributed by atoms with van der Waals surface area (Å²) in [5.74, 6) is -0.559. The van der Waals surface area contributed by atoms with E-state index in [-0.39, 0.29) is 5.69 Å². The van der Waals surface area contributed by atoms with E-state index < -0.39 is 18.0 Å². The molecule has 7 heteroatoms. The molecule has 2 N–H and O–H groups in total. The molecule has 28 heavy (non-hydrogen) atoms. The van der Waals surface area contributed by atoms with Crippen molar-refractivity contribution >= 4 is 17.6 Å². The monoisotopic (exact) mass is 379 g/mol. The van der Waals surface area contributed by atoms with Gasteiger partial charge in [0.2, 0.25) is 0 Å². The van der Waals surface area contributed by atoms with Gasteiger partial charge < -0.3 is 14.8 Å². The molecule has 1 heterocycles. The molecule has 144 valence electrons. The number of ether oxygens (including phenoxy) is 2. The van der Waals surface area contributed by atoms with Crippen molar-refractivity contribution in [3.63, 3.8) is 0 Å². The first kappa shape index (κ1) is 19.2. The van der Waals surface area contributed by atoms with Crippen LogP contribution in [0.5, 0.6) is 5.75 Å². The Morgan fingerprint density at radius 2 is 1.82 bits per heavy atom. The SMILES string of the molecule is CCOc1ccccc1NC(=O)[C@@H](C)OC(=O)c1cc(-c2ccccc2)n[nH]1. The highest BCUT2D eigenvalue weighted by atomic mass is 16.5. The minimum absolute atomic E-state index is 0.174. The predicted molar refractivity (Wildman–Crippen MR) is 105 cm³/mol. The summed E-state index contributed by atoms with van der Waals surface area (Å²) in [5.41, 5.74) is 2.18. The van der Waals surface area contributed by atoms with Gasteiger partial charge in [0.05, 0.1) is 18.0 Å². The summed E-state index contributed by atoms with van der Waals surface area (Å²) in [6.07, 6.45) is -0.995. The minimum Gasteiger partial charge on any atom is -0.492 e. The van der Waals surface area contributed by atoms with Crippen LogP contribution in [0, 0.1) is 0 Å². The van der Waals surface area contributed by atoms with Crippen LogP contribution in [-0.2, 0) is 9.53 Å². The molecule has 1 aromatic heterocycles. The van der Waals surface area contributed by atoms with Gasteiger partial charge in [0, 0.05) is 5.56 Å². The van der Waals surface area contributed by atoms with Gasteiger partial charge in [-0.1, -0.05) is 42.5 Å². The number of aromatic nitrogens is 2. The Morgan fingerprint density at radius 3 is 2.57 bits per heavy atom. The lowest BCUT2D eigenvalue weighted by Crippen LogP contribution is -2.30. The summed E-state index contributed by atoms with van der Waals surface area (Å²) < 4.78 is 10.7. The molecule has 0 aliphatic rings. The molecule has 0 unspecified atom stereocenters. The first-order valence-corrected chi connectivity index (χ1v) is 8.93. The molecular formula is C21H21N3O4. The predicted octanol–water partition coefficient (Wildman–Crippen LogP) is 3.66. The van der Waals surface area contributed by atoms with E-state index in [0.717, 1.165) is 5.56 Å². The van der Waals surface area contributed by atoms with E-state index >= 15 is 0 Å². The molecule has 1 atom stereocenters. The van der Waals surface area contributed by atoms with Crippen molar-refractivity contribution in [3.05, 3.63) is 66.4 Å². The van der Waals surface area contributed by atoms with Gasteiger partial charge in [0.1, 0.15) is 11.4 Å². The van der Waals surface area contributed by atoms with Gasteiger partial charge in [-0.05, 0) is 32.0 Å². The summed E-state index contributed by atoms with van der Waals surface area (Å²) in [6, 6.07) is 18.1. The van der Waals surface area contributed by atoms with Crippen molar-refractivity contribution < 1.29 is 19.1 Å². The number of hydrogen-bond donors (Lipinski definition) is 2. The Bertz CT molecular complexity index is 953. The van der Waals surface area contributed by atoms with E-state index in [4.69, 9.17) is 9.47 Å². The second-order valence-corrected chi connectivity index (χ2v) is 6.00. The molecule has 0 spiro atoms. The third-order valence-corrected chi connectivity index (χ3v) is 3.97. The highest BCUT2D eigenvalue weighted by Gasteiger charge is 2.21. The summed E-state index contributed by atoms with van der Waals surface area (Å²) in [5, 5.41) is 9.48. The van der Waals surface area contributed by atoms with Crippen molar-refractivity contribution in [1.29, 1.82) is 0 Å². The Labute approximate surface area is 162 Å². The minimum atomic E-state index is -0.995. The second kappa shape index (κ2) is 8.85. The molecule has 0 saturated carbocycles. The Balaban J connectivity index is 1.63. The summed E-state index contributed by atoms with van der Waals surface area (Å²) in [7, 11) is 0. The number of hydrogen-bond acceptors (Lipinski definition) is 5. The molecule has 1 amide bonds. The van der Waals surface area contributed by atoms with E-state index in [1.165, 1.54) is 6.92 Å². The highest BCUT2D eigenvalue weighted by molar-refractivity contribution is 5.98. The molecule has 2 aromatic carbocycles. The van der Waals surface area contributed by atoms with Crippen LogP contribution in [0.3, 0.4) is 0 Å². The fourth-order valence-electron chi connectivity index (χ4n) is 2.55. The smallest absolute Gasteiger partial charge is 0.357 e. The Morgan fingerprint density at radius 1 is 1.11 bits per heavy atom. The molecule has 7 nitrogen and oxygen atoms in total. The van der Waals surface area contributed by atoms with Crippen molar-refractivity contribution in [2.24, 2.45) is 0 Å². The maximum absolute atomic E-state index is 12.4. The molecular weight excluding hydrogens is 358 g/mol. The lowest BCUT2D eigenvalue weighted by atomic mass is 10.1. The average Bonchev–Trinajstić information content (AvgIpc) is 3.21. The first-order valence-electron chi connectivity index (χ1n) is 8.93. The molecule has 0 bridgehead atoms. The Kier molecular flexibility index (Phi) is 6.06. The fraction of sp³-hybridized carbons (Fsp3) is 0.190. The lowest BCUT2D eigenvalue weighted by Gasteiger charge is -2.15. The standard InChI is InChI=1S/C21H21N3O4/c1-3-27-19-12-8-7-11-16(19)22-20(25)14(2)28-21(26)18-13-17(23-24-18)15-9-5-4-6-10-15/h4-14H,3H2,1-2H3,(H,22,25)(H,23,24)/t14-/m1/s1. The van der Waals surface area contributed by atoms with E-state index in [9.17, 15) is 9.59 Å². The van der Waals surface area contributed by atoms with E-state index in [2.05, 4.69) is 15.5 Å². The Hall–Kier alpha value is -3.61. The third-order valence-electron chi connectivity index (χ3n) is 3.97. The topological polar surface area (TPSA) is 93.3 Å². The summed E-state index contributed by atoms with van der Waals surface area (Å²) in [6.45, 7) is 3.84. The van der Waals surface area contributed by atoms with Gasteiger partial charge in [-0.15, -0.1) is 0 Å². The highest BCUT2D eigenvalue weighted by Crippen LogP contribution is 2.24. The van der Waals surface area contributed by atoms with Crippen LogP contribution in [0.4, 0.5) is 5.69 Å². The third kappa shape index (κ3) is 4.56. The van der Waals surface area contributed by atoms with Crippen molar-refractivity contribution in [1.82, 2.24) is 10.2 Å². The molecule has 3 rings (SSSR count). The van der Waals surface area contributed by atoms with Gasteiger partial charge in [-0.2, -0.15) is 5.10 Å². The second-order valence-electron chi connectivity index (χ2n) is 6.00. The van der Waals surface area contributed by atoms with Crippen molar-refractivity contribution in [3.8, 4) is 17.0 Å². The van der Waals surface area contributed by atoms with Crippen LogP contribution < -0.4 is 10.1 Å². The quantitative estimate of drug-likeness (QED) is 0.611. The number of nitrogens with zero attached hydrogens (tertiary/aromatic N) is 1. The number of nitrogens with one attached hydrogen (secondary N) is 2. The number of para-hydroxylation sites is 2. The van der Waals surface area contributed by atoms with Crippen molar-refractivity contribution in [2.75, 3.05) is 11.9 Å². The molecule has 0 radical (unpaired) electrons. The van der Waals surface area contributed by atoms with Gasteiger partial charge >= 0.3 is 5.97 Å². The zero-order valence-corrected chi connectivity index (χ0v) is 15.6. The first-order chi connectivity index (χ1) is 13.6. The average molecular weight is 379 g/mol. The lowest BCUT2D eigenvalue weighted by molar-refractivity contribution is -0.123. The summed E-state index contributed by atoms with van der Waals surface area (Å²) in [4.78, 5) is 24.7. The van der Waals surface area contributed by atoms with Crippen LogP contribution >= 0.6 is 0 Å². The van der Waals surface area contributed by atoms with Crippen molar-refractivity contribution in [2.45, 2.75) is 20.0 Å². The summed E-state index contributed by atoms with van der Waals surface area (Å²) >= 11 is 0. The molecule has 0 saturated heterocycles. The zero-order valence-electron chi connectivity index (χ0n) is 15.6. The number of esters is 1. The fourth-order valence-corrected chi connectivity index (χ4v) is 2.55. The number of carbonyl (C=O) groups excluding carboxylic acids is 2. The van der Waals surface area contributed by atoms with Gasteiger partial charge in [0.15, 0.2) is 6.10 Å². The number of rotatable bonds is 7. The molecule has 0 fully saturated rings.